The van der Waals surface area contributed by atoms with Gasteiger partial charge in [-0.15, -0.1) is 0 Å². The Balaban J connectivity index is 1.63. The Kier molecular flexibility index (Phi) is 6.64. The molecule has 0 bridgehead atoms. The average molecular weight is 475 g/mol. The van der Waals surface area contributed by atoms with Crippen molar-refractivity contribution >= 4 is 17.7 Å². The number of carbonyl (C=O) groups is 2. The molecule has 0 radical (unpaired) electrons. The summed E-state index contributed by atoms with van der Waals surface area (Å²) in [6.07, 6.45) is 8.93. The first-order valence-corrected chi connectivity index (χ1v) is 12.7. The van der Waals surface area contributed by atoms with Gasteiger partial charge in [0.2, 0.25) is 6.54 Å². The molecule has 0 N–H and O–H groups in total. The van der Waals surface area contributed by atoms with Crippen LogP contribution in [0, 0.1) is 50.5 Å². The Bertz CT molecular complexity index is 928. The molecular formula is C26H38N2O6. The lowest BCUT2D eigenvalue weighted by Gasteiger charge is -2.58. The van der Waals surface area contributed by atoms with Gasteiger partial charge in [0.05, 0.1) is 5.71 Å². The highest BCUT2D eigenvalue weighted by Gasteiger charge is 2.62. The summed E-state index contributed by atoms with van der Waals surface area (Å²) < 4.78 is 5.55. The summed E-state index contributed by atoms with van der Waals surface area (Å²) in [7, 11) is 0. The molecule has 8 atom stereocenters. The first-order valence-electron chi connectivity index (χ1n) is 12.7. The van der Waals surface area contributed by atoms with Crippen molar-refractivity contribution in [1.29, 1.82) is 0 Å². The lowest BCUT2D eigenvalue weighted by molar-refractivity contribution is -0.489. The van der Waals surface area contributed by atoms with Crippen molar-refractivity contribution in [3.8, 4) is 0 Å². The Labute approximate surface area is 201 Å². The van der Waals surface area contributed by atoms with Crippen LogP contribution < -0.4 is 0 Å². The fourth-order valence-corrected chi connectivity index (χ4v) is 8.52. The van der Waals surface area contributed by atoms with E-state index in [4.69, 9.17) is 9.57 Å². The zero-order valence-corrected chi connectivity index (χ0v) is 21.0. The van der Waals surface area contributed by atoms with E-state index in [9.17, 15) is 19.7 Å². The van der Waals surface area contributed by atoms with Gasteiger partial charge in [0.1, 0.15) is 6.10 Å². The van der Waals surface area contributed by atoms with Crippen LogP contribution in [0.25, 0.3) is 0 Å². The van der Waals surface area contributed by atoms with Gasteiger partial charge in [-0.2, -0.15) is 0 Å². The first-order chi connectivity index (χ1) is 16.0. The molecule has 8 heteroatoms. The van der Waals surface area contributed by atoms with Crippen LogP contribution in [-0.4, -0.2) is 35.2 Å². The van der Waals surface area contributed by atoms with Crippen LogP contribution in [0.5, 0.6) is 0 Å². The minimum Gasteiger partial charge on any atom is -0.462 e. The number of ether oxygens (including phenoxy) is 1. The molecule has 0 heterocycles. The molecule has 0 spiro atoms. The molecule has 0 saturated heterocycles. The number of nitro groups is 1. The van der Waals surface area contributed by atoms with Crippen molar-refractivity contribution in [2.24, 2.45) is 45.6 Å². The standard InChI is InChI=1S/C26H38N2O6/c1-15(27-34-17(3)30)24-18(14-28(31)32)12-23-21-7-6-19-13-20(33-16(2)29)8-10-25(19,4)22(21)9-11-26(23,24)5/h6,18,20-24H,7-14H2,1-5H3/b27-15+/t18-,20-,21+,22-,23+,24-,25-,26-/m0/s1. The topological polar surface area (TPSA) is 108 Å². The minimum absolute atomic E-state index is 0.0253. The van der Waals surface area contributed by atoms with Gasteiger partial charge >= 0.3 is 11.9 Å². The predicted molar refractivity (Wildman–Crippen MR) is 126 cm³/mol. The van der Waals surface area contributed by atoms with Crippen LogP contribution in [-0.2, 0) is 19.2 Å². The third-order valence-electron chi connectivity index (χ3n) is 9.72. The number of esters is 1. The normalized spacial score (nSPS) is 41.4. The number of hydrogen-bond acceptors (Lipinski definition) is 7. The van der Waals surface area contributed by atoms with E-state index in [0.29, 0.717) is 23.5 Å². The number of rotatable bonds is 5. The van der Waals surface area contributed by atoms with E-state index in [1.807, 2.05) is 6.92 Å². The number of oxime groups is 1. The van der Waals surface area contributed by atoms with Crippen LogP contribution in [0.1, 0.15) is 79.6 Å². The average Bonchev–Trinajstić information content (AvgIpc) is 3.03. The summed E-state index contributed by atoms with van der Waals surface area (Å²) in [6.45, 7) is 9.24. The van der Waals surface area contributed by atoms with E-state index >= 15 is 0 Å². The minimum atomic E-state index is -0.476. The summed E-state index contributed by atoms with van der Waals surface area (Å²) in [4.78, 5) is 39.2. The molecule has 188 valence electrons. The molecule has 8 nitrogen and oxygen atoms in total. The van der Waals surface area contributed by atoms with Gasteiger partial charge in [-0.1, -0.05) is 30.7 Å². The van der Waals surface area contributed by atoms with E-state index in [1.165, 1.54) is 19.4 Å². The number of fused-ring (bicyclic) bond motifs is 5. The summed E-state index contributed by atoms with van der Waals surface area (Å²) in [6, 6.07) is 0. The predicted octanol–water partition coefficient (Wildman–Crippen LogP) is 4.94. The maximum Gasteiger partial charge on any atom is 0.331 e. The number of nitrogens with zero attached hydrogens (tertiary/aromatic N) is 2. The maximum atomic E-state index is 11.6. The van der Waals surface area contributed by atoms with E-state index in [0.717, 1.165) is 44.9 Å². The van der Waals surface area contributed by atoms with Crippen molar-refractivity contribution in [3.63, 3.8) is 0 Å². The molecule has 3 saturated carbocycles. The summed E-state index contributed by atoms with van der Waals surface area (Å²) in [5, 5.41) is 15.7. The third kappa shape index (κ3) is 4.29. The fraction of sp³-hybridized carbons (Fsp3) is 0.808. The molecule has 0 aromatic rings. The van der Waals surface area contributed by atoms with Crippen LogP contribution in [0.15, 0.2) is 16.8 Å². The van der Waals surface area contributed by atoms with Crippen LogP contribution in [0.2, 0.25) is 0 Å². The van der Waals surface area contributed by atoms with Gasteiger partial charge in [-0.3, -0.25) is 14.9 Å². The maximum absolute atomic E-state index is 11.6. The van der Waals surface area contributed by atoms with Crippen LogP contribution >= 0.6 is 0 Å². The van der Waals surface area contributed by atoms with Crippen molar-refractivity contribution in [3.05, 3.63) is 21.8 Å². The Morgan fingerprint density at radius 2 is 1.88 bits per heavy atom. The zero-order valence-electron chi connectivity index (χ0n) is 21.0. The quantitative estimate of drug-likeness (QED) is 0.139. The van der Waals surface area contributed by atoms with Crippen LogP contribution in [0.3, 0.4) is 0 Å². The highest BCUT2D eigenvalue weighted by Crippen LogP contribution is 2.67. The lowest BCUT2D eigenvalue weighted by atomic mass is 9.47. The second-order valence-electron chi connectivity index (χ2n) is 11.6. The monoisotopic (exact) mass is 474 g/mol. The van der Waals surface area contributed by atoms with Gasteiger partial charge in [-0.25, -0.2) is 4.79 Å². The molecule has 0 amide bonds. The van der Waals surface area contributed by atoms with Crippen molar-refractivity contribution in [2.45, 2.75) is 85.7 Å². The van der Waals surface area contributed by atoms with Gasteiger partial charge in [-0.05, 0) is 74.0 Å². The molecule has 0 unspecified atom stereocenters. The first kappa shape index (κ1) is 24.9. The van der Waals surface area contributed by atoms with Crippen molar-refractivity contribution in [1.82, 2.24) is 0 Å². The van der Waals surface area contributed by atoms with E-state index in [-0.39, 0.29) is 46.2 Å². The molecule has 0 aromatic heterocycles. The molecule has 34 heavy (non-hydrogen) atoms. The van der Waals surface area contributed by atoms with Crippen molar-refractivity contribution in [2.75, 3.05) is 6.54 Å². The molecular weight excluding hydrogens is 436 g/mol. The molecule has 0 aromatic carbocycles. The second-order valence-corrected chi connectivity index (χ2v) is 11.6. The molecule has 3 fully saturated rings. The largest absolute Gasteiger partial charge is 0.462 e. The summed E-state index contributed by atoms with van der Waals surface area (Å²) in [5.74, 6) is 0.501. The van der Waals surface area contributed by atoms with E-state index in [2.05, 4.69) is 25.1 Å². The van der Waals surface area contributed by atoms with Gasteiger partial charge in [0.15, 0.2) is 0 Å². The number of allylic oxidation sites excluding steroid dienone is 1. The van der Waals surface area contributed by atoms with E-state index in [1.54, 1.807) is 0 Å². The lowest BCUT2D eigenvalue weighted by Crippen LogP contribution is -2.51. The Hall–Kier alpha value is -2.25. The van der Waals surface area contributed by atoms with Gasteiger partial charge < -0.3 is 9.57 Å². The second kappa shape index (κ2) is 9.08. The molecule has 4 rings (SSSR count). The zero-order chi connectivity index (χ0) is 24.8. The summed E-state index contributed by atoms with van der Waals surface area (Å²) in [5.41, 5.74) is 2.12. The molecule has 0 aliphatic heterocycles. The van der Waals surface area contributed by atoms with Gasteiger partial charge in [0.25, 0.3) is 0 Å². The van der Waals surface area contributed by atoms with Crippen molar-refractivity contribution < 1.29 is 24.1 Å². The SMILES string of the molecule is CC(=O)O/N=C(\C)[C@H]1[C@H](C[N+](=O)[O-])C[C@@H]2[C@@H]3CC=C4C[C@@H](OC(C)=O)CC[C@]4(C)[C@H]3CC[C@@]21C. The molecule has 4 aliphatic carbocycles. The van der Waals surface area contributed by atoms with Gasteiger partial charge in [0, 0.05) is 37.0 Å². The Morgan fingerprint density at radius 3 is 2.53 bits per heavy atom. The molecule has 4 aliphatic rings. The Morgan fingerprint density at radius 1 is 1.15 bits per heavy atom. The van der Waals surface area contributed by atoms with E-state index < -0.39 is 5.97 Å². The highest BCUT2D eigenvalue weighted by molar-refractivity contribution is 5.86. The smallest absolute Gasteiger partial charge is 0.331 e. The number of hydrogen-bond donors (Lipinski definition) is 0. The number of carbonyl (C=O) groups excluding carboxylic acids is 2. The fourth-order valence-electron chi connectivity index (χ4n) is 8.52. The highest BCUT2D eigenvalue weighted by atomic mass is 16.7. The third-order valence-corrected chi connectivity index (χ3v) is 9.72. The van der Waals surface area contributed by atoms with Crippen LogP contribution in [0.4, 0.5) is 0 Å². The summed E-state index contributed by atoms with van der Waals surface area (Å²) >= 11 is 0.